The maximum Gasteiger partial charge on any atom is 0.410 e. The zero-order valence-electron chi connectivity index (χ0n) is 25.8. The SMILES string of the molecule is COC(=O)[C@@H](CNC(=O)[C@@H]1CCCN(C(=O)CCC2CCN(C(=O)OC(C)(C)C)CC2)C1)NC(=O)OCc1ccccc1. The fraction of sp³-hybridized carbons (Fsp3) is 0.645. The van der Waals surface area contributed by atoms with Crippen LogP contribution >= 0.6 is 0 Å². The Bertz CT molecular complexity index is 1100. The number of carbonyl (C=O) groups is 5. The molecule has 43 heavy (non-hydrogen) atoms. The Balaban J connectivity index is 1.40. The molecule has 0 radical (unpaired) electrons. The van der Waals surface area contributed by atoms with Gasteiger partial charge in [0.25, 0.3) is 0 Å². The van der Waals surface area contributed by atoms with E-state index in [0.29, 0.717) is 51.4 Å². The largest absolute Gasteiger partial charge is 0.467 e. The van der Waals surface area contributed by atoms with Crippen molar-refractivity contribution in [2.45, 2.75) is 77.5 Å². The number of amides is 4. The van der Waals surface area contributed by atoms with Crippen molar-refractivity contribution in [3.8, 4) is 0 Å². The first-order valence-electron chi connectivity index (χ1n) is 15.0. The number of piperidine rings is 2. The molecule has 0 aromatic heterocycles. The summed E-state index contributed by atoms with van der Waals surface area (Å²) in [6.45, 7) is 7.54. The maximum absolute atomic E-state index is 13.0. The molecular formula is C31H46N4O8. The molecule has 0 saturated carbocycles. The Morgan fingerprint density at radius 1 is 0.977 bits per heavy atom. The standard InChI is InChI=1S/C31H46N4O8/c1-31(2,3)43-30(40)34-17-14-22(15-18-34)12-13-26(36)35-16-8-11-24(20-35)27(37)32-19-25(28(38)41-4)33-29(39)42-21-23-9-6-5-7-10-23/h5-7,9-10,22,24-25H,8,11-21H2,1-4H3,(H,32,37)(H,33,39)/t24-,25-/m1/s1. The molecule has 2 atom stereocenters. The third kappa shape index (κ3) is 11.4. The molecule has 2 fully saturated rings. The highest BCUT2D eigenvalue weighted by molar-refractivity contribution is 5.84. The highest BCUT2D eigenvalue weighted by Crippen LogP contribution is 2.25. The highest BCUT2D eigenvalue weighted by atomic mass is 16.6. The lowest BCUT2D eigenvalue weighted by atomic mass is 9.91. The predicted octanol–water partition coefficient (Wildman–Crippen LogP) is 3.24. The Kier molecular flexibility index (Phi) is 12.6. The number of hydrogen-bond donors (Lipinski definition) is 2. The Morgan fingerprint density at radius 2 is 1.67 bits per heavy atom. The van der Waals surface area contributed by atoms with Crippen LogP contribution in [0.25, 0.3) is 0 Å². The second-order valence-corrected chi connectivity index (χ2v) is 12.2. The zero-order valence-corrected chi connectivity index (χ0v) is 25.8. The van der Waals surface area contributed by atoms with Crippen molar-refractivity contribution in [1.82, 2.24) is 20.4 Å². The summed E-state index contributed by atoms with van der Waals surface area (Å²) in [5.41, 5.74) is 0.265. The average molecular weight is 603 g/mol. The molecule has 2 heterocycles. The summed E-state index contributed by atoms with van der Waals surface area (Å²) >= 11 is 0. The van der Waals surface area contributed by atoms with Crippen LogP contribution in [0.5, 0.6) is 0 Å². The quantitative estimate of drug-likeness (QED) is 0.307. The van der Waals surface area contributed by atoms with E-state index in [-0.39, 0.29) is 31.1 Å². The fourth-order valence-electron chi connectivity index (χ4n) is 5.22. The van der Waals surface area contributed by atoms with E-state index in [4.69, 9.17) is 14.2 Å². The van der Waals surface area contributed by atoms with Crippen molar-refractivity contribution in [2.24, 2.45) is 11.8 Å². The molecule has 0 aliphatic carbocycles. The van der Waals surface area contributed by atoms with Gasteiger partial charge in [0.1, 0.15) is 18.2 Å². The second kappa shape index (κ2) is 16.1. The van der Waals surface area contributed by atoms with Crippen LogP contribution in [0.4, 0.5) is 9.59 Å². The van der Waals surface area contributed by atoms with E-state index in [1.165, 1.54) is 7.11 Å². The van der Waals surface area contributed by atoms with Gasteiger partial charge in [-0.05, 0) is 64.4 Å². The summed E-state index contributed by atoms with van der Waals surface area (Å²) in [5.74, 6) is -1.05. The van der Waals surface area contributed by atoms with Crippen LogP contribution in [-0.4, -0.2) is 91.2 Å². The molecule has 1 aromatic rings. The molecule has 0 unspecified atom stereocenters. The number of benzene rings is 1. The first-order valence-corrected chi connectivity index (χ1v) is 15.0. The summed E-state index contributed by atoms with van der Waals surface area (Å²) in [6.07, 6.45) is 3.00. The molecule has 3 rings (SSSR count). The van der Waals surface area contributed by atoms with E-state index < -0.39 is 29.6 Å². The lowest BCUT2D eigenvalue weighted by molar-refractivity contribution is -0.143. The van der Waals surface area contributed by atoms with Crippen molar-refractivity contribution < 1.29 is 38.2 Å². The van der Waals surface area contributed by atoms with Crippen LogP contribution in [0.15, 0.2) is 30.3 Å². The van der Waals surface area contributed by atoms with Crippen LogP contribution in [0, 0.1) is 11.8 Å². The molecule has 0 spiro atoms. The van der Waals surface area contributed by atoms with Crippen molar-refractivity contribution >= 4 is 30.0 Å². The second-order valence-electron chi connectivity index (χ2n) is 12.2. The molecule has 2 aliphatic heterocycles. The fourth-order valence-corrected chi connectivity index (χ4v) is 5.22. The van der Waals surface area contributed by atoms with Gasteiger partial charge in [0, 0.05) is 39.1 Å². The van der Waals surface area contributed by atoms with Gasteiger partial charge in [-0.25, -0.2) is 14.4 Å². The summed E-state index contributed by atoms with van der Waals surface area (Å²) in [4.78, 5) is 66.2. The molecule has 2 N–H and O–H groups in total. The molecule has 12 heteroatoms. The minimum atomic E-state index is -1.12. The summed E-state index contributed by atoms with van der Waals surface area (Å²) in [6, 6.07) is 7.98. The van der Waals surface area contributed by atoms with E-state index >= 15 is 0 Å². The van der Waals surface area contributed by atoms with Crippen LogP contribution in [0.2, 0.25) is 0 Å². The molecule has 1 aromatic carbocycles. The van der Waals surface area contributed by atoms with Gasteiger partial charge in [-0.1, -0.05) is 30.3 Å². The van der Waals surface area contributed by atoms with Crippen LogP contribution in [-0.2, 0) is 35.2 Å². The van der Waals surface area contributed by atoms with Gasteiger partial charge in [0.05, 0.1) is 13.0 Å². The van der Waals surface area contributed by atoms with Gasteiger partial charge < -0.3 is 34.6 Å². The number of alkyl carbamates (subject to hydrolysis) is 1. The lowest BCUT2D eigenvalue weighted by Gasteiger charge is -2.34. The Labute approximate surface area is 253 Å². The molecule has 2 aliphatic rings. The van der Waals surface area contributed by atoms with Crippen molar-refractivity contribution in [1.29, 1.82) is 0 Å². The topological polar surface area (TPSA) is 144 Å². The number of methoxy groups -OCH3 is 1. The molecule has 0 bridgehead atoms. The van der Waals surface area contributed by atoms with Crippen molar-refractivity contribution in [2.75, 3.05) is 39.8 Å². The van der Waals surface area contributed by atoms with Gasteiger partial charge in [0.2, 0.25) is 11.8 Å². The van der Waals surface area contributed by atoms with Crippen molar-refractivity contribution in [3.05, 3.63) is 35.9 Å². The van der Waals surface area contributed by atoms with Gasteiger partial charge in [-0.2, -0.15) is 0 Å². The Hall–Kier alpha value is -3.83. The minimum Gasteiger partial charge on any atom is -0.467 e. The van der Waals surface area contributed by atoms with Gasteiger partial charge in [-0.3, -0.25) is 9.59 Å². The van der Waals surface area contributed by atoms with Gasteiger partial charge in [-0.15, -0.1) is 0 Å². The van der Waals surface area contributed by atoms with Crippen LogP contribution in [0.3, 0.4) is 0 Å². The lowest BCUT2D eigenvalue weighted by Crippen LogP contribution is -2.51. The first kappa shape index (κ1) is 33.7. The normalized spacial score (nSPS) is 18.3. The number of nitrogens with zero attached hydrogens (tertiary/aromatic N) is 2. The molecule has 238 valence electrons. The number of likely N-dealkylation sites (tertiary alicyclic amines) is 2. The first-order chi connectivity index (χ1) is 20.4. The van der Waals surface area contributed by atoms with Gasteiger partial charge >= 0.3 is 18.2 Å². The Morgan fingerprint density at radius 3 is 2.33 bits per heavy atom. The van der Waals surface area contributed by atoms with E-state index in [1.807, 2.05) is 39.0 Å². The average Bonchev–Trinajstić information content (AvgIpc) is 3.00. The van der Waals surface area contributed by atoms with E-state index in [9.17, 15) is 24.0 Å². The van der Waals surface area contributed by atoms with Crippen LogP contribution < -0.4 is 10.6 Å². The number of carbonyl (C=O) groups excluding carboxylic acids is 5. The summed E-state index contributed by atoms with van der Waals surface area (Å²) in [7, 11) is 1.20. The van der Waals surface area contributed by atoms with Gasteiger partial charge in [0.15, 0.2) is 0 Å². The molecule has 2 saturated heterocycles. The number of nitrogens with one attached hydrogen (secondary N) is 2. The maximum atomic E-state index is 13.0. The van der Waals surface area contributed by atoms with Crippen molar-refractivity contribution in [3.63, 3.8) is 0 Å². The number of esters is 1. The van der Waals surface area contributed by atoms with E-state index in [1.54, 1.807) is 21.9 Å². The van der Waals surface area contributed by atoms with E-state index in [2.05, 4.69) is 10.6 Å². The monoisotopic (exact) mass is 602 g/mol. The van der Waals surface area contributed by atoms with E-state index in [0.717, 1.165) is 24.8 Å². The molecular weight excluding hydrogens is 556 g/mol. The minimum absolute atomic E-state index is 0.0161. The number of ether oxygens (including phenoxy) is 3. The number of rotatable bonds is 10. The summed E-state index contributed by atoms with van der Waals surface area (Å²) < 4.78 is 15.4. The predicted molar refractivity (Wildman–Crippen MR) is 158 cm³/mol. The molecule has 4 amide bonds. The van der Waals surface area contributed by atoms with Crippen LogP contribution in [0.1, 0.15) is 64.9 Å². The highest BCUT2D eigenvalue weighted by Gasteiger charge is 2.31. The smallest absolute Gasteiger partial charge is 0.410 e. The zero-order chi connectivity index (χ0) is 31.4. The third-order valence-corrected chi connectivity index (χ3v) is 7.65. The molecule has 12 nitrogen and oxygen atoms in total. The third-order valence-electron chi connectivity index (χ3n) is 7.65. The number of hydrogen-bond acceptors (Lipinski definition) is 8. The summed E-state index contributed by atoms with van der Waals surface area (Å²) in [5, 5.41) is 5.17.